The van der Waals surface area contributed by atoms with Crippen LogP contribution in [0.15, 0.2) is 18.6 Å². The maximum Gasteiger partial charge on any atom is 0.168 e. The summed E-state index contributed by atoms with van der Waals surface area (Å²) in [6, 6.07) is 3.93. The van der Waals surface area contributed by atoms with Crippen molar-refractivity contribution in [1.29, 1.82) is 5.26 Å². The molecule has 3 rings (SSSR count). The summed E-state index contributed by atoms with van der Waals surface area (Å²) in [7, 11) is 0. The largest absolute Gasteiger partial charge is 0.358 e. The lowest BCUT2D eigenvalue weighted by molar-refractivity contribution is -0.0295. The van der Waals surface area contributed by atoms with Crippen molar-refractivity contribution in [2.24, 2.45) is 0 Å². The molecule has 2 aromatic heterocycles. The van der Waals surface area contributed by atoms with Gasteiger partial charge in [-0.3, -0.25) is 0 Å². The first-order valence-electron chi connectivity index (χ1n) is 5.73. The number of nitrogens with zero attached hydrogens (tertiary/aromatic N) is 4. The first-order chi connectivity index (χ1) is 8.40. The van der Waals surface area contributed by atoms with E-state index in [4.69, 9.17) is 10.00 Å². The van der Waals surface area contributed by atoms with Gasteiger partial charge >= 0.3 is 0 Å². The summed E-state index contributed by atoms with van der Waals surface area (Å²) in [6.45, 7) is 0.792. The third-order valence-corrected chi connectivity index (χ3v) is 3.06. The topological polar surface area (TPSA) is 63.7 Å². The lowest BCUT2D eigenvalue weighted by Crippen LogP contribution is -2.17. The van der Waals surface area contributed by atoms with Gasteiger partial charge in [-0.2, -0.15) is 5.26 Å². The van der Waals surface area contributed by atoms with Crippen LogP contribution in [0.2, 0.25) is 0 Å². The molecule has 0 aliphatic carbocycles. The number of hydrogen-bond acceptors (Lipinski definition) is 4. The number of ether oxygens (including phenoxy) is 1. The minimum atomic E-state index is 0.0442. The predicted molar refractivity (Wildman–Crippen MR) is 61.1 cm³/mol. The third kappa shape index (κ3) is 1.67. The highest BCUT2D eigenvalue weighted by atomic mass is 16.5. The van der Waals surface area contributed by atoms with Crippen LogP contribution < -0.4 is 0 Å². The van der Waals surface area contributed by atoms with Gasteiger partial charge in [0.25, 0.3) is 0 Å². The molecule has 0 saturated carbocycles. The van der Waals surface area contributed by atoms with Crippen LogP contribution in [0, 0.1) is 11.3 Å². The van der Waals surface area contributed by atoms with Crippen LogP contribution in [0.5, 0.6) is 0 Å². The van der Waals surface area contributed by atoms with Gasteiger partial charge in [0.2, 0.25) is 0 Å². The van der Waals surface area contributed by atoms with Crippen LogP contribution in [0.4, 0.5) is 0 Å². The smallest absolute Gasteiger partial charge is 0.168 e. The fourth-order valence-corrected chi connectivity index (χ4v) is 2.22. The molecule has 1 unspecified atom stereocenters. The van der Waals surface area contributed by atoms with Crippen molar-refractivity contribution in [3.63, 3.8) is 0 Å². The monoisotopic (exact) mass is 228 g/mol. The van der Waals surface area contributed by atoms with Crippen LogP contribution >= 0.6 is 0 Å². The Kier molecular flexibility index (Phi) is 2.50. The summed E-state index contributed by atoms with van der Waals surface area (Å²) in [6.07, 6.45) is 6.71. The van der Waals surface area contributed by atoms with Gasteiger partial charge in [-0.15, -0.1) is 0 Å². The molecule has 86 valence electrons. The van der Waals surface area contributed by atoms with Crippen molar-refractivity contribution in [2.75, 3.05) is 6.61 Å². The van der Waals surface area contributed by atoms with Crippen LogP contribution in [-0.2, 0) is 4.74 Å². The van der Waals surface area contributed by atoms with Crippen molar-refractivity contribution in [1.82, 2.24) is 14.5 Å². The molecule has 3 heterocycles. The Bertz CT molecular complexity index is 578. The zero-order chi connectivity index (χ0) is 11.7. The second-order valence-electron chi connectivity index (χ2n) is 4.11. The van der Waals surface area contributed by atoms with Gasteiger partial charge in [0.15, 0.2) is 5.69 Å². The molecule has 1 aliphatic heterocycles. The Balaban J connectivity index is 2.09. The van der Waals surface area contributed by atoms with E-state index in [0.29, 0.717) is 11.2 Å². The molecular weight excluding hydrogens is 216 g/mol. The zero-order valence-electron chi connectivity index (χ0n) is 9.33. The molecule has 17 heavy (non-hydrogen) atoms. The van der Waals surface area contributed by atoms with E-state index in [1.165, 1.54) is 6.42 Å². The fourth-order valence-electron chi connectivity index (χ4n) is 2.22. The lowest BCUT2D eigenvalue weighted by atomic mass is 10.2. The number of rotatable bonds is 1. The minimum absolute atomic E-state index is 0.0442. The number of imidazole rings is 1. The number of fused-ring (bicyclic) bond motifs is 1. The Morgan fingerprint density at radius 1 is 1.41 bits per heavy atom. The van der Waals surface area contributed by atoms with E-state index in [2.05, 4.69) is 16.0 Å². The first-order valence-corrected chi connectivity index (χ1v) is 5.73. The van der Waals surface area contributed by atoms with Crippen LogP contribution in [-0.4, -0.2) is 21.1 Å². The van der Waals surface area contributed by atoms with Crippen LogP contribution in [0.3, 0.4) is 0 Å². The van der Waals surface area contributed by atoms with Crippen molar-refractivity contribution in [2.45, 2.75) is 25.5 Å². The summed E-state index contributed by atoms with van der Waals surface area (Å²) in [5.41, 5.74) is 1.95. The van der Waals surface area contributed by atoms with E-state index >= 15 is 0 Å². The summed E-state index contributed by atoms with van der Waals surface area (Å²) in [5, 5.41) is 8.96. The van der Waals surface area contributed by atoms with Gasteiger partial charge < -0.3 is 9.30 Å². The first kappa shape index (κ1) is 10.2. The second kappa shape index (κ2) is 4.15. The quantitative estimate of drug-likeness (QED) is 0.748. The van der Waals surface area contributed by atoms with Gasteiger partial charge in [0, 0.05) is 12.8 Å². The molecule has 0 aromatic carbocycles. The minimum Gasteiger partial charge on any atom is -0.358 e. The van der Waals surface area contributed by atoms with Gasteiger partial charge in [0.05, 0.1) is 11.8 Å². The molecule has 2 aromatic rings. The number of nitriles is 1. The number of hydrogen-bond donors (Lipinski definition) is 0. The Morgan fingerprint density at radius 2 is 2.35 bits per heavy atom. The van der Waals surface area contributed by atoms with Crippen LogP contribution in [0.1, 0.15) is 31.2 Å². The van der Waals surface area contributed by atoms with Gasteiger partial charge in [-0.05, 0) is 25.3 Å². The maximum atomic E-state index is 8.96. The van der Waals surface area contributed by atoms with Gasteiger partial charge in [0.1, 0.15) is 17.8 Å². The normalized spacial score (nSPS) is 20.3. The van der Waals surface area contributed by atoms with E-state index in [1.807, 2.05) is 10.6 Å². The van der Waals surface area contributed by atoms with Gasteiger partial charge in [-0.25, -0.2) is 9.97 Å². The molecule has 0 radical (unpaired) electrons. The highest BCUT2D eigenvalue weighted by molar-refractivity contribution is 5.79. The van der Waals surface area contributed by atoms with Crippen LogP contribution in [0.25, 0.3) is 11.0 Å². The average molecular weight is 228 g/mol. The second-order valence-corrected chi connectivity index (χ2v) is 4.11. The van der Waals surface area contributed by atoms with E-state index in [1.54, 1.807) is 12.5 Å². The molecule has 5 nitrogen and oxygen atoms in total. The van der Waals surface area contributed by atoms with E-state index in [9.17, 15) is 0 Å². The Hall–Kier alpha value is -1.93. The molecule has 0 amide bonds. The summed E-state index contributed by atoms with van der Waals surface area (Å²) < 4.78 is 7.72. The van der Waals surface area contributed by atoms with Crippen molar-refractivity contribution < 1.29 is 4.74 Å². The molecule has 5 heteroatoms. The summed E-state index contributed by atoms with van der Waals surface area (Å²) in [5.74, 6) is 0. The number of aromatic nitrogens is 3. The molecular formula is C12H12N4O. The Morgan fingerprint density at radius 3 is 3.12 bits per heavy atom. The van der Waals surface area contributed by atoms with E-state index in [-0.39, 0.29) is 6.23 Å². The molecule has 1 aliphatic rings. The standard InChI is InChI=1S/C12H12N4O/c13-7-9-12-10(4-5-14-9)16(8-15-12)11-3-1-2-6-17-11/h4-5,8,11H,1-3,6H2. The lowest BCUT2D eigenvalue weighted by Gasteiger charge is -2.24. The summed E-state index contributed by atoms with van der Waals surface area (Å²) in [4.78, 5) is 8.27. The van der Waals surface area contributed by atoms with Crippen molar-refractivity contribution in [3.8, 4) is 6.07 Å². The molecule has 1 saturated heterocycles. The SMILES string of the molecule is N#Cc1nccc2c1ncn2C1CCCCO1. The number of pyridine rings is 1. The van der Waals surface area contributed by atoms with E-state index in [0.717, 1.165) is 25.0 Å². The highest BCUT2D eigenvalue weighted by Gasteiger charge is 2.18. The van der Waals surface area contributed by atoms with Crippen molar-refractivity contribution >= 4 is 11.0 Å². The third-order valence-electron chi connectivity index (χ3n) is 3.06. The van der Waals surface area contributed by atoms with Crippen molar-refractivity contribution in [3.05, 3.63) is 24.3 Å². The molecule has 0 bridgehead atoms. The predicted octanol–water partition coefficient (Wildman–Crippen LogP) is 2.00. The van der Waals surface area contributed by atoms with E-state index < -0.39 is 0 Å². The van der Waals surface area contributed by atoms with Gasteiger partial charge in [-0.1, -0.05) is 0 Å². The average Bonchev–Trinajstić information content (AvgIpc) is 2.83. The fraction of sp³-hybridized carbons (Fsp3) is 0.417. The molecule has 0 N–H and O–H groups in total. The highest BCUT2D eigenvalue weighted by Crippen LogP contribution is 2.26. The maximum absolute atomic E-state index is 8.96. The molecule has 1 fully saturated rings. The summed E-state index contributed by atoms with van der Waals surface area (Å²) >= 11 is 0. The molecule has 0 spiro atoms. The molecule has 1 atom stereocenters. The zero-order valence-corrected chi connectivity index (χ0v) is 9.33. The Labute approximate surface area is 98.7 Å².